The summed E-state index contributed by atoms with van der Waals surface area (Å²) >= 11 is 5.72. The number of likely N-dealkylation sites (tertiary alicyclic amines) is 1. The Kier molecular flexibility index (Phi) is 4.57. The molecule has 24 heavy (non-hydrogen) atoms. The average molecular weight is 349 g/mol. The predicted octanol–water partition coefficient (Wildman–Crippen LogP) is 2.19. The van der Waals surface area contributed by atoms with Crippen LogP contribution in [0.15, 0.2) is 36.7 Å². The minimum absolute atomic E-state index is 0.0965. The summed E-state index contributed by atoms with van der Waals surface area (Å²) < 4.78 is 5.49. The second-order valence-corrected chi connectivity index (χ2v) is 5.76. The Morgan fingerprint density at radius 3 is 2.92 bits per heavy atom. The Bertz CT molecular complexity index is 780. The van der Waals surface area contributed by atoms with Crippen molar-refractivity contribution in [2.45, 2.75) is 0 Å². The van der Waals surface area contributed by atoms with Gasteiger partial charge in [-0.25, -0.2) is 0 Å². The van der Waals surface area contributed by atoms with Crippen LogP contribution in [0.25, 0.3) is 0 Å². The lowest BCUT2D eigenvalue weighted by Crippen LogP contribution is -2.52. The Labute approximate surface area is 142 Å². The zero-order chi connectivity index (χ0) is 17.1. The maximum Gasteiger partial charge on any atom is 0.270 e. The average Bonchev–Trinajstić information content (AvgIpc) is 2.53. The molecule has 2 aromatic rings. The van der Waals surface area contributed by atoms with E-state index in [-0.39, 0.29) is 22.7 Å². The Morgan fingerprint density at radius 2 is 2.21 bits per heavy atom. The molecule has 1 aromatic carbocycles. The van der Waals surface area contributed by atoms with Crippen molar-refractivity contribution in [3.63, 3.8) is 0 Å². The van der Waals surface area contributed by atoms with E-state index in [0.29, 0.717) is 31.1 Å². The van der Waals surface area contributed by atoms with Crippen LogP contribution >= 0.6 is 11.6 Å². The number of rotatable bonds is 5. The molecular weight excluding hydrogens is 336 g/mol. The molecule has 1 fully saturated rings. The number of nitro benzene ring substituents is 1. The Balaban J connectivity index is 1.52. The van der Waals surface area contributed by atoms with Crippen molar-refractivity contribution in [3.05, 3.63) is 57.5 Å². The van der Waals surface area contributed by atoms with Gasteiger partial charge in [0.1, 0.15) is 0 Å². The van der Waals surface area contributed by atoms with Gasteiger partial charge in [0, 0.05) is 36.7 Å². The first-order valence-electron chi connectivity index (χ1n) is 7.17. The molecule has 0 unspecified atom stereocenters. The molecule has 1 saturated heterocycles. The van der Waals surface area contributed by atoms with Crippen LogP contribution in [0.1, 0.15) is 10.4 Å². The monoisotopic (exact) mass is 348 g/mol. The molecule has 9 heteroatoms. The lowest BCUT2D eigenvalue weighted by atomic mass is 10.00. The van der Waals surface area contributed by atoms with Crippen LogP contribution in [-0.2, 0) is 0 Å². The van der Waals surface area contributed by atoms with Crippen molar-refractivity contribution in [2.24, 2.45) is 5.92 Å². The number of benzene rings is 1. The van der Waals surface area contributed by atoms with Gasteiger partial charge in [-0.1, -0.05) is 17.7 Å². The summed E-state index contributed by atoms with van der Waals surface area (Å²) in [5.41, 5.74) is 0.213. The summed E-state index contributed by atoms with van der Waals surface area (Å²) in [5, 5.41) is 11.0. The third-order valence-electron chi connectivity index (χ3n) is 3.60. The van der Waals surface area contributed by atoms with Crippen molar-refractivity contribution in [3.8, 4) is 5.88 Å². The van der Waals surface area contributed by atoms with Crippen LogP contribution in [0.5, 0.6) is 5.88 Å². The van der Waals surface area contributed by atoms with Crippen molar-refractivity contribution < 1.29 is 14.5 Å². The van der Waals surface area contributed by atoms with Crippen LogP contribution < -0.4 is 4.74 Å². The van der Waals surface area contributed by atoms with E-state index in [4.69, 9.17) is 16.3 Å². The molecule has 0 radical (unpaired) electrons. The number of carbonyl (C=O) groups is 1. The third kappa shape index (κ3) is 3.60. The summed E-state index contributed by atoms with van der Waals surface area (Å²) in [6, 6.07) is 5.72. The fraction of sp³-hybridized carbons (Fsp3) is 0.267. The molecule has 0 N–H and O–H groups in total. The van der Waals surface area contributed by atoms with E-state index in [2.05, 4.69) is 9.97 Å². The van der Waals surface area contributed by atoms with Crippen LogP contribution in [0.2, 0.25) is 5.15 Å². The molecule has 2 heterocycles. The molecule has 3 rings (SSSR count). The molecule has 0 atom stereocenters. The number of carbonyl (C=O) groups excluding carboxylic acids is 1. The van der Waals surface area contributed by atoms with Gasteiger partial charge in [0.05, 0.1) is 23.9 Å². The smallest absolute Gasteiger partial charge is 0.270 e. The van der Waals surface area contributed by atoms with Gasteiger partial charge in [-0.3, -0.25) is 19.9 Å². The van der Waals surface area contributed by atoms with E-state index in [1.165, 1.54) is 30.6 Å². The highest BCUT2D eigenvalue weighted by molar-refractivity contribution is 6.29. The summed E-state index contributed by atoms with van der Waals surface area (Å²) in [4.78, 5) is 32.0. The van der Waals surface area contributed by atoms with Crippen molar-refractivity contribution in [1.29, 1.82) is 0 Å². The number of aromatic nitrogens is 2. The summed E-state index contributed by atoms with van der Waals surface area (Å²) in [7, 11) is 0. The van der Waals surface area contributed by atoms with E-state index in [1.54, 1.807) is 11.0 Å². The maximum atomic E-state index is 12.3. The van der Waals surface area contributed by atoms with Crippen LogP contribution in [-0.4, -0.2) is 45.4 Å². The Morgan fingerprint density at radius 1 is 1.42 bits per heavy atom. The normalized spacial score (nSPS) is 14.1. The summed E-state index contributed by atoms with van der Waals surface area (Å²) in [6.07, 6.45) is 2.88. The van der Waals surface area contributed by atoms with Crippen LogP contribution in [0.3, 0.4) is 0 Å². The molecule has 124 valence electrons. The van der Waals surface area contributed by atoms with Crippen LogP contribution in [0, 0.1) is 16.0 Å². The zero-order valence-corrected chi connectivity index (χ0v) is 13.2. The van der Waals surface area contributed by atoms with Gasteiger partial charge in [-0.2, -0.15) is 4.98 Å². The van der Waals surface area contributed by atoms with Gasteiger partial charge < -0.3 is 9.64 Å². The second kappa shape index (κ2) is 6.79. The molecule has 0 spiro atoms. The van der Waals surface area contributed by atoms with E-state index in [1.807, 2.05) is 0 Å². The predicted molar refractivity (Wildman–Crippen MR) is 85.0 cm³/mol. The molecule has 1 aliphatic heterocycles. The molecule has 1 aliphatic rings. The van der Waals surface area contributed by atoms with Gasteiger partial charge in [0.25, 0.3) is 11.6 Å². The van der Waals surface area contributed by atoms with Gasteiger partial charge in [-0.05, 0) is 6.07 Å². The third-order valence-corrected chi connectivity index (χ3v) is 3.78. The van der Waals surface area contributed by atoms with E-state index in [9.17, 15) is 14.9 Å². The Hall–Kier alpha value is -2.74. The lowest BCUT2D eigenvalue weighted by Gasteiger charge is -2.38. The van der Waals surface area contributed by atoms with Gasteiger partial charge >= 0.3 is 0 Å². The molecule has 0 aliphatic carbocycles. The molecular formula is C15H13ClN4O4. The first-order chi connectivity index (χ1) is 11.5. The summed E-state index contributed by atoms with van der Waals surface area (Å²) in [5.74, 6) is 0.289. The first-order valence-corrected chi connectivity index (χ1v) is 7.55. The number of hydrogen-bond acceptors (Lipinski definition) is 6. The van der Waals surface area contributed by atoms with E-state index < -0.39 is 4.92 Å². The molecule has 1 aromatic heterocycles. The van der Waals surface area contributed by atoms with Crippen molar-refractivity contribution in [1.82, 2.24) is 14.9 Å². The largest absolute Gasteiger partial charge is 0.476 e. The number of nitrogens with zero attached hydrogens (tertiary/aromatic N) is 4. The minimum Gasteiger partial charge on any atom is -0.476 e. The number of hydrogen-bond donors (Lipinski definition) is 0. The number of halogens is 1. The fourth-order valence-corrected chi connectivity index (χ4v) is 2.51. The second-order valence-electron chi connectivity index (χ2n) is 5.37. The standard InChI is InChI=1S/C15H13ClN4O4/c16-13-5-17-6-14(18-13)24-9-10-7-19(8-10)15(21)11-2-1-3-12(4-11)20(22)23/h1-6,10H,7-9H2. The molecule has 0 bridgehead atoms. The van der Waals surface area contributed by atoms with Crippen molar-refractivity contribution >= 4 is 23.2 Å². The van der Waals surface area contributed by atoms with Crippen molar-refractivity contribution in [2.75, 3.05) is 19.7 Å². The molecule has 1 amide bonds. The molecule has 0 saturated carbocycles. The highest BCUT2D eigenvalue weighted by Crippen LogP contribution is 2.22. The number of nitro groups is 1. The zero-order valence-electron chi connectivity index (χ0n) is 12.5. The molecule has 8 nitrogen and oxygen atoms in total. The summed E-state index contributed by atoms with van der Waals surface area (Å²) in [6.45, 7) is 1.44. The maximum absolute atomic E-state index is 12.3. The highest BCUT2D eigenvalue weighted by Gasteiger charge is 2.32. The fourth-order valence-electron chi connectivity index (χ4n) is 2.37. The SMILES string of the molecule is O=C(c1cccc([N+](=O)[O-])c1)N1CC(COc2cncc(Cl)n2)C1. The van der Waals surface area contributed by atoms with Crippen LogP contribution in [0.4, 0.5) is 5.69 Å². The quantitative estimate of drug-likeness (QED) is 0.606. The topological polar surface area (TPSA) is 98.5 Å². The minimum atomic E-state index is -0.518. The van der Waals surface area contributed by atoms with E-state index >= 15 is 0 Å². The van der Waals surface area contributed by atoms with Gasteiger partial charge in [0.15, 0.2) is 5.15 Å². The van der Waals surface area contributed by atoms with Gasteiger partial charge in [0.2, 0.25) is 5.88 Å². The van der Waals surface area contributed by atoms with E-state index in [0.717, 1.165) is 0 Å². The first kappa shape index (κ1) is 16.1. The number of ether oxygens (including phenoxy) is 1. The van der Waals surface area contributed by atoms with Gasteiger partial charge in [-0.15, -0.1) is 0 Å². The number of amides is 1. The highest BCUT2D eigenvalue weighted by atomic mass is 35.5. The lowest BCUT2D eigenvalue weighted by molar-refractivity contribution is -0.384. The number of non-ortho nitro benzene ring substituents is 1.